The summed E-state index contributed by atoms with van der Waals surface area (Å²) >= 11 is 5.96. The first-order valence-electron chi connectivity index (χ1n) is 7.39. The summed E-state index contributed by atoms with van der Waals surface area (Å²) in [5, 5.41) is 21.4. The lowest BCUT2D eigenvalue weighted by molar-refractivity contribution is -0.0527. The molecule has 1 aliphatic carbocycles. The molecule has 1 fully saturated rings. The Balaban J connectivity index is 1.85. The van der Waals surface area contributed by atoms with E-state index < -0.39 is 12.2 Å². The summed E-state index contributed by atoms with van der Waals surface area (Å²) in [5.74, 6) is -0.203. The van der Waals surface area contributed by atoms with E-state index in [2.05, 4.69) is 4.98 Å². The molecule has 0 radical (unpaired) electrons. The quantitative estimate of drug-likeness (QED) is 0.793. The number of likely N-dealkylation sites (N-methyl/N-ethyl adjacent to an activating group) is 1. The summed E-state index contributed by atoms with van der Waals surface area (Å²) in [4.78, 5) is 17.2. The number of benzene rings is 1. The Morgan fingerprint density at radius 3 is 2.86 bits per heavy atom. The molecule has 118 valence electrons. The zero-order chi connectivity index (χ0) is 15.9. The number of aromatic nitrogens is 1. The van der Waals surface area contributed by atoms with Gasteiger partial charge in [0.15, 0.2) is 0 Å². The van der Waals surface area contributed by atoms with Crippen LogP contribution in [0.15, 0.2) is 24.3 Å². The highest BCUT2D eigenvalue weighted by Crippen LogP contribution is 2.25. The molecular weight excluding hydrogens is 304 g/mol. The number of fused-ring (bicyclic) bond motifs is 1. The number of carbonyl (C=O) groups is 1. The number of nitrogens with zero attached hydrogens (tertiary/aromatic N) is 1. The molecule has 1 aliphatic rings. The number of H-pyrrole nitrogens is 1. The number of hydrogen-bond donors (Lipinski definition) is 3. The number of aliphatic hydroxyl groups excluding tert-OH is 2. The summed E-state index contributed by atoms with van der Waals surface area (Å²) in [5.41, 5.74) is 1.29. The van der Waals surface area contributed by atoms with Gasteiger partial charge in [-0.2, -0.15) is 0 Å². The molecule has 3 atom stereocenters. The summed E-state index contributed by atoms with van der Waals surface area (Å²) in [6.45, 7) is 0. The molecule has 1 aromatic carbocycles. The fraction of sp³-hybridized carbons (Fsp3) is 0.438. The smallest absolute Gasteiger partial charge is 0.270 e. The molecule has 6 heteroatoms. The van der Waals surface area contributed by atoms with Crippen molar-refractivity contribution in [2.75, 3.05) is 7.05 Å². The summed E-state index contributed by atoms with van der Waals surface area (Å²) < 4.78 is 0. The monoisotopic (exact) mass is 322 g/mol. The van der Waals surface area contributed by atoms with Crippen LogP contribution in [0.5, 0.6) is 0 Å². The van der Waals surface area contributed by atoms with Crippen molar-refractivity contribution in [2.45, 2.75) is 37.5 Å². The van der Waals surface area contributed by atoms with Crippen molar-refractivity contribution in [3.05, 3.63) is 35.0 Å². The van der Waals surface area contributed by atoms with Gasteiger partial charge in [0.2, 0.25) is 0 Å². The second-order valence-corrected chi connectivity index (χ2v) is 6.32. The highest BCUT2D eigenvalue weighted by atomic mass is 35.5. The van der Waals surface area contributed by atoms with Crippen molar-refractivity contribution in [2.24, 2.45) is 0 Å². The molecule has 5 nitrogen and oxygen atoms in total. The van der Waals surface area contributed by atoms with E-state index in [0.717, 1.165) is 17.3 Å². The number of rotatable bonds is 2. The molecule has 22 heavy (non-hydrogen) atoms. The van der Waals surface area contributed by atoms with E-state index in [1.165, 1.54) is 4.90 Å². The van der Waals surface area contributed by atoms with Gasteiger partial charge in [-0.1, -0.05) is 11.6 Å². The SMILES string of the molecule is CN(C(=O)c1cc2cc(Cl)ccc2[nH]1)[C@@H]1CCC[C@@H](O)[C@@H]1O. The number of hydrogen-bond acceptors (Lipinski definition) is 3. The Morgan fingerprint density at radius 2 is 2.09 bits per heavy atom. The fourth-order valence-corrected chi connectivity index (χ4v) is 3.30. The standard InChI is InChI=1S/C16H19ClN2O3/c1-19(13-3-2-4-14(20)15(13)21)16(22)12-8-9-7-10(17)5-6-11(9)18-12/h5-8,13-15,18,20-21H,2-4H2,1H3/t13-,14-,15-/m1/s1. The third-order valence-corrected chi connectivity index (χ3v) is 4.65. The van der Waals surface area contributed by atoms with Gasteiger partial charge < -0.3 is 20.1 Å². The van der Waals surface area contributed by atoms with Gasteiger partial charge in [-0.25, -0.2) is 0 Å². The van der Waals surface area contributed by atoms with Crippen LogP contribution in [0.4, 0.5) is 0 Å². The predicted octanol–water partition coefficient (Wildman–Crippen LogP) is 2.17. The lowest BCUT2D eigenvalue weighted by atomic mass is 9.89. The van der Waals surface area contributed by atoms with Gasteiger partial charge in [-0.05, 0) is 43.5 Å². The van der Waals surface area contributed by atoms with Crippen molar-refractivity contribution >= 4 is 28.4 Å². The van der Waals surface area contributed by atoms with E-state index in [0.29, 0.717) is 23.6 Å². The van der Waals surface area contributed by atoms with Crippen LogP contribution < -0.4 is 0 Å². The number of halogens is 1. The normalized spacial score (nSPS) is 25.4. The van der Waals surface area contributed by atoms with Gasteiger partial charge in [0, 0.05) is 23.0 Å². The van der Waals surface area contributed by atoms with Crippen LogP contribution in [0.2, 0.25) is 5.02 Å². The minimum Gasteiger partial charge on any atom is -0.390 e. The van der Waals surface area contributed by atoms with Crippen LogP contribution in [0.25, 0.3) is 10.9 Å². The fourth-order valence-electron chi connectivity index (χ4n) is 3.12. The van der Waals surface area contributed by atoms with Crippen molar-refractivity contribution in [3.63, 3.8) is 0 Å². The van der Waals surface area contributed by atoms with Crippen LogP contribution in [0, 0.1) is 0 Å². The van der Waals surface area contributed by atoms with E-state index in [1.54, 1.807) is 25.2 Å². The summed E-state index contributed by atoms with van der Waals surface area (Å²) in [6, 6.07) is 6.77. The molecule has 0 saturated heterocycles. The second kappa shape index (κ2) is 5.91. The topological polar surface area (TPSA) is 76.6 Å². The zero-order valence-corrected chi connectivity index (χ0v) is 13.0. The maximum Gasteiger partial charge on any atom is 0.270 e. The molecule has 0 aliphatic heterocycles. The molecule has 3 rings (SSSR count). The van der Waals surface area contributed by atoms with Gasteiger partial charge in [0.05, 0.1) is 12.1 Å². The van der Waals surface area contributed by atoms with E-state index in [-0.39, 0.29) is 11.9 Å². The molecule has 0 bridgehead atoms. The predicted molar refractivity (Wildman–Crippen MR) is 85.1 cm³/mol. The minimum atomic E-state index is -0.901. The van der Waals surface area contributed by atoms with Crippen molar-refractivity contribution in [3.8, 4) is 0 Å². The lowest BCUT2D eigenvalue weighted by Crippen LogP contribution is -2.51. The first-order chi connectivity index (χ1) is 10.5. The molecule has 1 heterocycles. The van der Waals surface area contributed by atoms with Gasteiger partial charge >= 0.3 is 0 Å². The van der Waals surface area contributed by atoms with Gasteiger partial charge in [0.1, 0.15) is 11.8 Å². The third-order valence-electron chi connectivity index (χ3n) is 4.42. The summed E-state index contributed by atoms with van der Waals surface area (Å²) in [6.07, 6.45) is 0.386. The Kier molecular flexibility index (Phi) is 4.12. The van der Waals surface area contributed by atoms with Crippen molar-refractivity contribution in [1.82, 2.24) is 9.88 Å². The molecule has 1 amide bonds. The minimum absolute atomic E-state index is 0.203. The Labute approximate surface area is 133 Å². The van der Waals surface area contributed by atoms with Crippen LogP contribution >= 0.6 is 11.6 Å². The molecule has 1 saturated carbocycles. The molecule has 0 spiro atoms. The number of carbonyl (C=O) groups excluding carboxylic acids is 1. The maximum atomic E-state index is 12.6. The van der Waals surface area contributed by atoms with Crippen LogP contribution in [0.3, 0.4) is 0 Å². The molecular formula is C16H19ClN2O3. The van der Waals surface area contributed by atoms with Crippen LogP contribution in [0.1, 0.15) is 29.8 Å². The largest absolute Gasteiger partial charge is 0.390 e. The second-order valence-electron chi connectivity index (χ2n) is 5.89. The average Bonchev–Trinajstić information content (AvgIpc) is 2.91. The number of nitrogens with one attached hydrogen (secondary N) is 1. The number of aromatic amines is 1. The van der Waals surface area contributed by atoms with E-state index in [9.17, 15) is 15.0 Å². The Bertz CT molecular complexity index is 700. The number of aliphatic hydroxyl groups is 2. The highest BCUT2D eigenvalue weighted by Gasteiger charge is 2.35. The van der Waals surface area contributed by atoms with Crippen LogP contribution in [-0.2, 0) is 0 Å². The first-order valence-corrected chi connectivity index (χ1v) is 7.77. The van der Waals surface area contributed by atoms with Gasteiger partial charge in [-0.3, -0.25) is 4.79 Å². The molecule has 3 N–H and O–H groups in total. The van der Waals surface area contributed by atoms with Gasteiger partial charge in [0.25, 0.3) is 5.91 Å². The Hall–Kier alpha value is -1.56. The van der Waals surface area contributed by atoms with E-state index in [4.69, 9.17) is 11.6 Å². The first kappa shape index (κ1) is 15.3. The van der Waals surface area contributed by atoms with Crippen LogP contribution in [-0.4, -0.2) is 51.3 Å². The highest BCUT2D eigenvalue weighted by molar-refractivity contribution is 6.31. The van der Waals surface area contributed by atoms with Crippen molar-refractivity contribution in [1.29, 1.82) is 0 Å². The third kappa shape index (κ3) is 2.72. The maximum absolute atomic E-state index is 12.6. The summed E-state index contributed by atoms with van der Waals surface area (Å²) in [7, 11) is 1.66. The average molecular weight is 323 g/mol. The molecule has 2 aromatic rings. The molecule has 0 unspecified atom stereocenters. The number of amides is 1. The lowest BCUT2D eigenvalue weighted by Gasteiger charge is -2.37. The molecule has 1 aromatic heterocycles. The van der Waals surface area contributed by atoms with Crippen molar-refractivity contribution < 1.29 is 15.0 Å². The Morgan fingerprint density at radius 1 is 1.32 bits per heavy atom. The van der Waals surface area contributed by atoms with E-state index in [1.807, 2.05) is 6.07 Å². The van der Waals surface area contributed by atoms with E-state index >= 15 is 0 Å². The van der Waals surface area contributed by atoms with Gasteiger partial charge in [-0.15, -0.1) is 0 Å². The zero-order valence-electron chi connectivity index (χ0n) is 12.3.